The first-order valence-corrected chi connectivity index (χ1v) is 11.0. The minimum absolute atomic E-state index is 0.0580. The molecule has 1 aromatic carbocycles. The molecule has 2 heterocycles. The van der Waals surface area contributed by atoms with E-state index in [9.17, 15) is 4.79 Å². The Morgan fingerprint density at radius 1 is 1.19 bits per heavy atom. The Hall–Kier alpha value is -1.79. The third-order valence-corrected chi connectivity index (χ3v) is 6.17. The van der Waals surface area contributed by atoms with Gasteiger partial charge in [-0.15, -0.1) is 11.3 Å². The second kappa shape index (κ2) is 8.73. The third-order valence-electron chi connectivity index (χ3n) is 4.32. The van der Waals surface area contributed by atoms with Crippen molar-refractivity contribution < 1.29 is 4.74 Å². The van der Waals surface area contributed by atoms with E-state index in [4.69, 9.17) is 4.74 Å². The van der Waals surface area contributed by atoms with Gasteiger partial charge in [0.25, 0.3) is 5.56 Å². The van der Waals surface area contributed by atoms with Gasteiger partial charge in [-0.2, -0.15) is 0 Å². The number of ether oxygens (including phenoxy) is 1. The van der Waals surface area contributed by atoms with E-state index in [1.54, 1.807) is 15.9 Å². The van der Waals surface area contributed by atoms with Crippen LogP contribution in [0.1, 0.15) is 30.7 Å². The Bertz CT molecular complexity index is 929. The lowest BCUT2D eigenvalue weighted by molar-refractivity contribution is 0.298. The number of aromatic nitrogens is 2. The van der Waals surface area contributed by atoms with Crippen LogP contribution in [0.4, 0.5) is 0 Å². The Labute approximate surface area is 162 Å². The van der Waals surface area contributed by atoms with Crippen LogP contribution in [0.2, 0.25) is 0 Å². The molecule has 26 heavy (non-hydrogen) atoms. The molecule has 4 nitrogen and oxygen atoms in total. The van der Waals surface area contributed by atoms with Gasteiger partial charge >= 0.3 is 0 Å². The molecule has 0 saturated carbocycles. The fraction of sp³-hybridized carbons (Fsp3) is 0.400. The van der Waals surface area contributed by atoms with Crippen LogP contribution in [0, 0.1) is 0 Å². The second-order valence-electron chi connectivity index (χ2n) is 6.04. The van der Waals surface area contributed by atoms with Gasteiger partial charge in [0.05, 0.1) is 12.0 Å². The van der Waals surface area contributed by atoms with E-state index in [1.165, 1.54) is 22.2 Å². The molecule has 0 bridgehead atoms. The van der Waals surface area contributed by atoms with Crippen molar-refractivity contribution in [2.45, 2.75) is 44.8 Å². The Morgan fingerprint density at radius 3 is 2.62 bits per heavy atom. The first-order valence-electron chi connectivity index (χ1n) is 8.95. The highest BCUT2D eigenvalue weighted by atomic mass is 32.2. The monoisotopic (exact) mass is 388 g/mol. The third kappa shape index (κ3) is 4.13. The molecule has 0 aliphatic carbocycles. The molecule has 0 N–H and O–H groups in total. The average Bonchev–Trinajstić information content (AvgIpc) is 3.10. The predicted octanol–water partition coefficient (Wildman–Crippen LogP) is 4.77. The van der Waals surface area contributed by atoms with Crippen molar-refractivity contribution in [2.24, 2.45) is 0 Å². The molecule has 0 unspecified atom stereocenters. The van der Waals surface area contributed by atoms with Crippen LogP contribution in [0.5, 0.6) is 5.75 Å². The summed E-state index contributed by atoms with van der Waals surface area (Å²) in [6.07, 6.45) is 4.68. The maximum absolute atomic E-state index is 12.8. The highest BCUT2D eigenvalue weighted by Gasteiger charge is 2.13. The molecule has 0 spiro atoms. The predicted molar refractivity (Wildman–Crippen MR) is 111 cm³/mol. The topological polar surface area (TPSA) is 44.1 Å². The van der Waals surface area contributed by atoms with Crippen molar-refractivity contribution in [3.63, 3.8) is 0 Å². The van der Waals surface area contributed by atoms with Crippen LogP contribution in [-0.4, -0.2) is 22.4 Å². The van der Waals surface area contributed by atoms with Crippen molar-refractivity contribution in [2.75, 3.05) is 12.9 Å². The summed E-state index contributed by atoms with van der Waals surface area (Å²) in [7, 11) is 0. The summed E-state index contributed by atoms with van der Waals surface area (Å²) in [5.74, 6) is 0.874. The summed E-state index contributed by atoms with van der Waals surface area (Å²) < 4.78 is 7.59. The van der Waals surface area contributed by atoms with Crippen molar-refractivity contribution in [3.05, 3.63) is 51.1 Å². The standard InChI is InChI=1S/C20H24N2O2S2/c1-4-14-7-9-15(10-8-14)24-12-6-11-22-19(23)17-13-16(5-2)26-18(17)21-20(22)25-3/h7-10,13H,4-6,11-12H2,1-3H3. The minimum Gasteiger partial charge on any atom is -0.494 e. The number of thioether (sulfide) groups is 1. The number of hydrogen-bond donors (Lipinski definition) is 0. The van der Waals surface area contributed by atoms with Gasteiger partial charge in [0.2, 0.25) is 0 Å². The quantitative estimate of drug-likeness (QED) is 0.317. The lowest BCUT2D eigenvalue weighted by Gasteiger charge is -2.11. The smallest absolute Gasteiger partial charge is 0.262 e. The largest absolute Gasteiger partial charge is 0.494 e. The van der Waals surface area contributed by atoms with Gasteiger partial charge in [-0.1, -0.05) is 37.7 Å². The van der Waals surface area contributed by atoms with E-state index < -0.39 is 0 Å². The van der Waals surface area contributed by atoms with Crippen molar-refractivity contribution in [1.82, 2.24) is 9.55 Å². The molecule has 0 amide bonds. The lowest BCUT2D eigenvalue weighted by atomic mass is 10.2. The highest BCUT2D eigenvalue weighted by Crippen LogP contribution is 2.24. The maximum atomic E-state index is 12.8. The molecule has 0 fully saturated rings. The number of benzene rings is 1. The van der Waals surface area contributed by atoms with Crippen molar-refractivity contribution in [3.8, 4) is 5.75 Å². The first-order chi connectivity index (χ1) is 12.7. The van der Waals surface area contributed by atoms with Crippen LogP contribution in [-0.2, 0) is 19.4 Å². The van der Waals surface area contributed by atoms with E-state index in [0.29, 0.717) is 13.2 Å². The van der Waals surface area contributed by atoms with E-state index in [-0.39, 0.29) is 5.56 Å². The number of aryl methyl sites for hydroxylation is 2. The zero-order valence-electron chi connectivity index (χ0n) is 15.4. The fourth-order valence-electron chi connectivity index (χ4n) is 2.81. The molecule has 0 radical (unpaired) electrons. The van der Waals surface area contributed by atoms with Crippen LogP contribution in [0.3, 0.4) is 0 Å². The molecule has 0 atom stereocenters. The van der Waals surface area contributed by atoms with E-state index >= 15 is 0 Å². The molecule has 3 aromatic rings. The van der Waals surface area contributed by atoms with Crippen LogP contribution in [0.25, 0.3) is 10.2 Å². The fourth-order valence-corrected chi connectivity index (χ4v) is 4.40. The molecule has 2 aromatic heterocycles. The number of fused-ring (bicyclic) bond motifs is 1. The second-order valence-corrected chi connectivity index (χ2v) is 7.93. The Kier molecular flexibility index (Phi) is 6.38. The maximum Gasteiger partial charge on any atom is 0.262 e. The van der Waals surface area contributed by atoms with Gasteiger partial charge in [-0.25, -0.2) is 4.98 Å². The summed E-state index contributed by atoms with van der Waals surface area (Å²) in [5, 5.41) is 1.51. The van der Waals surface area contributed by atoms with Gasteiger partial charge in [0.1, 0.15) is 10.6 Å². The zero-order chi connectivity index (χ0) is 18.5. The lowest BCUT2D eigenvalue weighted by Crippen LogP contribution is -2.23. The molecular formula is C20H24N2O2S2. The van der Waals surface area contributed by atoms with Gasteiger partial charge in [-0.05, 0) is 49.3 Å². The summed E-state index contributed by atoms with van der Waals surface area (Å²) in [4.78, 5) is 19.6. The molecule has 138 valence electrons. The molecule has 6 heteroatoms. The highest BCUT2D eigenvalue weighted by molar-refractivity contribution is 7.98. The van der Waals surface area contributed by atoms with Crippen LogP contribution in [0.15, 0.2) is 40.3 Å². The van der Waals surface area contributed by atoms with E-state index in [2.05, 4.69) is 31.0 Å². The number of nitrogens with zero attached hydrogens (tertiary/aromatic N) is 2. The Morgan fingerprint density at radius 2 is 1.96 bits per heavy atom. The molecule has 0 saturated heterocycles. The van der Waals surface area contributed by atoms with Gasteiger partial charge in [-0.3, -0.25) is 9.36 Å². The normalized spacial score (nSPS) is 11.2. The molecule has 0 aliphatic heterocycles. The van der Waals surface area contributed by atoms with Crippen LogP contribution < -0.4 is 10.3 Å². The van der Waals surface area contributed by atoms with Gasteiger partial charge in [0.15, 0.2) is 5.16 Å². The first kappa shape index (κ1) is 19.0. The number of thiophene rings is 1. The van der Waals surface area contributed by atoms with Gasteiger partial charge in [0, 0.05) is 11.4 Å². The summed E-state index contributed by atoms with van der Waals surface area (Å²) in [6.45, 7) is 5.43. The number of rotatable bonds is 8. The summed E-state index contributed by atoms with van der Waals surface area (Å²) in [5.41, 5.74) is 1.36. The molecule has 3 rings (SSSR count). The van der Waals surface area contributed by atoms with Crippen LogP contribution >= 0.6 is 23.1 Å². The van der Waals surface area contributed by atoms with E-state index in [1.807, 2.05) is 24.5 Å². The van der Waals surface area contributed by atoms with Gasteiger partial charge < -0.3 is 4.74 Å². The minimum atomic E-state index is 0.0580. The summed E-state index contributed by atoms with van der Waals surface area (Å²) in [6, 6.07) is 10.2. The SMILES string of the molecule is CCc1ccc(OCCCn2c(SC)nc3sc(CC)cc3c2=O)cc1. The zero-order valence-corrected chi connectivity index (χ0v) is 17.1. The Balaban J connectivity index is 1.69. The summed E-state index contributed by atoms with van der Waals surface area (Å²) >= 11 is 3.13. The number of hydrogen-bond acceptors (Lipinski definition) is 5. The van der Waals surface area contributed by atoms with E-state index in [0.717, 1.165) is 40.4 Å². The molecular weight excluding hydrogens is 364 g/mol. The van der Waals surface area contributed by atoms with Crippen molar-refractivity contribution in [1.29, 1.82) is 0 Å². The average molecular weight is 389 g/mol. The molecule has 0 aliphatic rings. The van der Waals surface area contributed by atoms with Crippen molar-refractivity contribution >= 4 is 33.3 Å².